The molecule has 0 saturated carbocycles. The van der Waals surface area contributed by atoms with E-state index in [-0.39, 0.29) is 35.2 Å². The average molecular weight is 451 g/mol. The normalized spacial score (nSPS) is 12.7. The largest absolute Gasteiger partial charge is 0.0902 e. The van der Waals surface area contributed by atoms with E-state index in [2.05, 4.69) is 26.3 Å². The summed E-state index contributed by atoms with van der Waals surface area (Å²) in [6, 6.07) is 0. The van der Waals surface area contributed by atoms with Gasteiger partial charge >= 0.3 is 0 Å². The van der Waals surface area contributed by atoms with E-state index in [0.717, 1.165) is 0 Å². The van der Waals surface area contributed by atoms with Crippen LogP contribution in [-0.2, 0) is 0 Å². The highest BCUT2D eigenvalue weighted by atomic mass is 35.5. The molecule has 7 heteroatoms. The molecule has 0 rings (SSSR count). The van der Waals surface area contributed by atoms with Gasteiger partial charge in [-0.25, -0.2) is 0 Å². The number of hydrogen-bond acceptors (Lipinski definition) is 0. The maximum absolute atomic E-state index is 6.30. The van der Waals surface area contributed by atoms with Crippen molar-refractivity contribution in [2.45, 2.75) is 0 Å². The molecule has 0 radical (unpaired) electrons. The van der Waals surface area contributed by atoms with E-state index in [1.165, 1.54) is 18.2 Å². The third-order valence-corrected chi connectivity index (χ3v) is 4.55. The third-order valence-electron chi connectivity index (χ3n) is 2.18. The molecule has 0 spiro atoms. The molecule has 0 atom stereocenters. The van der Waals surface area contributed by atoms with Gasteiger partial charge in [0.15, 0.2) is 0 Å². The van der Waals surface area contributed by atoms with Gasteiger partial charge in [-0.3, -0.25) is 0 Å². The number of hydrogen-bond donors (Lipinski definition) is 0. The molecule has 0 nitrogen and oxygen atoms in total. The third kappa shape index (κ3) is 8.56. The van der Waals surface area contributed by atoms with E-state index in [9.17, 15) is 0 Å². The Labute approximate surface area is 171 Å². The molecule has 23 heavy (non-hydrogen) atoms. The lowest BCUT2D eigenvalue weighted by molar-refractivity contribution is 1.54. The average Bonchev–Trinajstić information content (AvgIpc) is 2.44. The van der Waals surface area contributed by atoms with Crippen LogP contribution in [0.25, 0.3) is 0 Å². The highest BCUT2D eigenvalue weighted by Gasteiger charge is 2.09. The lowest BCUT2D eigenvalue weighted by Crippen LogP contribution is -1.87. The zero-order valence-corrected chi connectivity index (χ0v) is 17.0. The van der Waals surface area contributed by atoms with Gasteiger partial charge in [0.05, 0.1) is 35.2 Å². The second-order valence-corrected chi connectivity index (χ2v) is 6.95. The molecule has 0 bridgehead atoms. The Morgan fingerprint density at radius 2 is 0.826 bits per heavy atom. The van der Waals surface area contributed by atoms with Gasteiger partial charge in [0.25, 0.3) is 0 Å². The molecule has 0 aromatic heterocycles. The van der Waals surface area contributed by atoms with Crippen molar-refractivity contribution in [3.8, 4) is 0 Å². The minimum atomic E-state index is 0.121. The Bertz CT molecular complexity index is 641. The van der Waals surface area contributed by atoms with E-state index in [4.69, 9.17) is 81.2 Å². The van der Waals surface area contributed by atoms with E-state index in [1.807, 2.05) is 0 Å². The van der Waals surface area contributed by atoms with E-state index >= 15 is 0 Å². The minimum absolute atomic E-state index is 0.121. The van der Waals surface area contributed by atoms with Crippen molar-refractivity contribution < 1.29 is 0 Å². The van der Waals surface area contributed by atoms with Crippen molar-refractivity contribution in [3.63, 3.8) is 0 Å². The van der Waals surface area contributed by atoms with Crippen LogP contribution in [0.15, 0.2) is 90.9 Å². The summed E-state index contributed by atoms with van der Waals surface area (Å²) in [6.07, 6.45) is 4.33. The smallest absolute Gasteiger partial charge is 0.0592 e. The Balaban J connectivity index is 6.15. The maximum Gasteiger partial charge on any atom is 0.0592 e. The van der Waals surface area contributed by atoms with Crippen molar-refractivity contribution in [3.05, 3.63) is 90.9 Å². The summed E-state index contributed by atoms with van der Waals surface area (Å²) in [4.78, 5) is 0. The maximum atomic E-state index is 6.30. The van der Waals surface area contributed by atoms with Gasteiger partial charge in [0.1, 0.15) is 0 Å². The molecule has 0 unspecified atom stereocenters. The van der Waals surface area contributed by atoms with Gasteiger partial charge < -0.3 is 0 Å². The van der Waals surface area contributed by atoms with Crippen LogP contribution in [-0.4, -0.2) is 0 Å². The Hall–Kier alpha value is -0.0500. The molecule has 124 valence electrons. The standard InChI is InChI=1S/C16H11Cl7/c1-8(5-13(20)9(2)17)16(23)12(6-14(21)10(3)18)7-15(22)11(4)19/h5-7H,1-4H2. The van der Waals surface area contributed by atoms with E-state index in [0.29, 0.717) is 11.1 Å². The Kier molecular flexibility index (Phi) is 10.7. The zero-order chi connectivity index (χ0) is 18.3. The minimum Gasteiger partial charge on any atom is -0.0902 e. The monoisotopic (exact) mass is 448 g/mol. The molecule has 0 heterocycles. The van der Waals surface area contributed by atoms with Crippen molar-refractivity contribution in [1.29, 1.82) is 0 Å². The predicted molar refractivity (Wildman–Crippen MR) is 109 cm³/mol. The second kappa shape index (κ2) is 10.7. The Morgan fingerprint density at radius 1 is 0.522 bits per heavy atom. The van der Waals surface area contributed by atoms with Crippen molar-refractivity contribution in [2.75, 3.05) is 0 Å². The van der Waals surface area contributed by atoms with Crippen LogP contribution in [0.4, 0.5) is 0 Å². The van der Waals surface area contributed by atoms with Gasteiger partial charge in [0.2, 0.25) is 0 Å². The highest BCUT2D eigenvalue weighted by Crippen LogP contribution is 2.30. The SMILES string of the molecule is C=C(Cl)C(Cl)=CC(=C)C(Cl)=C(C=C(Cl)C(=C)Cl)C=C(Cl)C(=C)Cl. The van der Waals surface area contributed by atoms with E-state index < -0.39 is 0 Å². The molecule has 0 aliphatic heterocycles. The molecule has 0 aliphatic rings. The van der Waals surface area contributed by atoms with Crippen LogP contribution in [0.2, 0.25) is 0 Å². The number of rotatable bonds is 7. The summed E-state index contributed by atoms with van der Waals surface area (Å²) in [5.74, 6) is 0. The van der Waals surface area contributed by atoms with Crippen LogP contribution in [0.5, 0.6) is 0 Å². The van der Waals surface area contributed by atoms with Crippen LogP contribution in [0.3, 0.4) is 0 Å². The topological polar surface area (TPSA) is 0 Å². The van der Waals surface area contributed by atoms with Crippen molar-refractivity contribution in [2.24, 2.45) is 0 Å². The highest BCUT2D eigenvalue weighted by molar-refractivity contribution is 6.45. The quantitative estimate of drug-likeness (QED) is 0.340. The molecule has 0 aliphatic carbocycles. The lowest BCUT2D eigenvalue weighted by atomic mass is 10.1. The first kappa shape index (κ1) is 22.9. The zero-order valence-electron chi connectivity index (χ0n) is 11.7. The molecule has 0 aromatic rings. The van der Waals surface area contributed by atoms with Gasteiger partial charge in [-0.1, -0.05) is 108 Å². The summed E-state index contributed by atoms with van der Waals surface area (Å²) in [5.41, 5.74) is 0.714. The molecular weight excluding hydrogens is 440 g/mol. The van der Waals surface area contributed by atoms with Gasteiger partial charge in [-0.2, -0.15) is 0 Å². The molecule has 0 aromatic carbocycles. The second-order valence-electron chi connectivity index (χ2n) is 3.99. The van der Waals surface area contributed by atoms with Gasteiger partial charge in [0, 0.05) is 0 Å². The van der Waals surface area contributed by atoms with Crippen LogP contribution in [0.1, 0.15) is 0 Å². The summed E-state index contributed by atoms with van der Waals surface area (Å²) >= 11 is 41.3. The lowest BCUT2D eigenvalue weighted by Gasteiger charge is -2.06. The predicted octanol–water partition coefficient (Wildman–Crippen LogP) is 8.66. The summed E-state index contributed by atoms with van der Waals surface area (Å²) in [6.45, 7) is 14.3. The first-order chi connectivity index (χ1) is 10.5. The fourth-order valence-corrected chi connectivity index (χ4v) is 1.77. The van der Waals surface area contributed by atoms with Crippen LogP contribution < -0.4 is 0 Å². The summed E-state index contributed by atoms with van der Waals surface area (Å²) in [5, 5.41) is 1.07. The van der Waals surface area contributed by atoms with Crippen LogP contribution >= 0.6 is 81.2 Å². The first-order valence-corrected chi connectivity index (χ1v) is 8.36. The summed E-state index contributed by atoms with van der Waals surface area (Å²) < 4.78 is 0. The molecule has 0 amide bonds. The summed E-state index contributed by atoms with van der Waals surface area (Å²) in [7, 11) is 0. The van der Waals surface area contributed by atoms with E-state index in [1.54, 1.807) is 0 Å². The fourth-order valence-electron chi connectivity index (χ4n) is 1.08. The van der Waals surface area contributed by atoms with Gasteiger partial charge in [-0.05, 0) is 29.4 Å². The van der Waals surface area contributed by atoms with Gasteiger partial charge in [-0.15, -0.1) is 0 Å². The Morgan fingerprint density at radius 3 is 1.13 bits per heavy atom. The molecular formula is C16H11Cl7. The number of allylic oxidation sites excluding steroid dienone is 12. The van der Waals surface area contributed by atoms with Crippen molar-refractivity contribution >= 4 is 81.2 Å². The molecule has 0 N–H and O–H groups in total. The number of halogens is 7. The van der Waals surface area contributed by atoms with Crippen LogP contribution in [0, 0.1) is 0 Å². The fraction of sp³-hybridized carbons (Fsp3) is 0. The molecule has 0 saturated heterocycles. The first-order valence-electron chi connectivity index (χ1n) is 5.72. The molecule has 0 fully saturated rings. The van der Waals surface area contributed by atoms with Crippen molar-refractivity contribution in [1.82, 2.24) is 0 Å².